The molecule has 0 saturated carbocycles. The van der Waals surface area contributed by atoms with Gasteiger partial charge in [-0.15, -0.1) is 0 Å². The van der Waals surface area contributed by atoms with E-state index in [2.05, 4.69) is 5.32 Å². The Morgan fingerprint density at radius 1 is 0.806 bits per heavy atom. The van der Waals surface area contributed by atoms with Crippen molar-refractivity contribution < 1.29 is 23.9 Å². The van der Waals surface area contributed by atoms with Crippen LogP contribution in [0.2, 0.25) is 0 Å². The summed E-state index contributed by atoms with van der Waals surface area (Å²) in [5.74, 6) is -0.524. The average molecular weight is 417 g/mol. The van der Waals surface area contributed by atoms with Gasteiger partial charge in [-0.25, -0.2) is 0 Å². The molecule has 0 unspecified atom stereocenters. The predicted octanol–water partition coefficient (Wildman–Crippen LogP) is 3.98. The summed E-state index contributed by atoms with van der Waals surface area (Å²) >= 11 is 0. The first-order valence-corrected chi connectivity index (χ1v) is 9.80. The minimum Gasteiger partial charge on any atom is -0.497 e. The van der Waals surface area contributed by atoms with Crippen molar-refractivity contribution in [3.63, 3.8) is 0 Å². The Morgan fingerprint density at radius 3 is 1.97 bits per heavy atom. The van der Waals surface area contributed by atoms with Gasteiger partial charge < -0.3 is 14.8 Å². The monoisotopic (exact) mass is 417 g/mol. The zero-order valence-corrected chi connectivity index (χ0v) is 17.1. The molecule has 6 nitrogen and oxygen atoms in total. The van der Waals surface area contributed by atoms with Crippen molar-refractivity contribution in [2.45, 2.75) is 12.5 Å². The van der Waals surface area contributed by atoms with Gasteiger partial charge in [-0.05, 0) is 29.8 Å². The quantitative estimate of drug-likeness (QED) is 0.421. The fraction of sp³-hybridized carbons (Fsp3) is 0.160. The lowest BCUT2D eigenvalue weighted by atomic mass is 10.0. The van der Waals surface area contributed by atoms with Crippen LogP contribution >= 0.6 is 0 Å². The van der Waals surface area contributed by atoms with E-state index in [1.54, 1.807) is 86.0 Å². The maximum absolute atomic E-state index is 12.6. The van der Waals surface area contributed by atoms with Crippen LogP contribution in [-0.4, -0.2) is 31.4 Å². The van der Waals surface area contributed by atoms with Gasteiger partial charge in [0.25, 0.3) is 5.91 Å². The van der Waals surface area contributed by atoms with Crippen LogP contribution in [0.1, 0.15) is 38.7 Å². The molecule has 0 heterocycles. The number of nitrogens with one attached hydrogen (secondary N) is 1. The summed E-state index contributed by atoms with van der Waals surface area (Å²) < 4.78 is 10.3. The fourth-order valence-electron chi connectivity index (χ4n) is 3.00. The second-order valence-electron chi connectivity index (χ2n) is 6.82. The number of carbonyl (C=O) groups excluding carboxylic acids is 3. The molecular weight excluding hydrogens is 394 g/mol. The third-order valence-electron chi connectivity index (χ3n) is 4.69. The number of Topliss-reactive ketones (excluding diaryl/α,β-unsaturated/α-hetero) is 1. The Kier molecular flexibility index (Phi) is 7.54. The molecule has 31 heavy (non-hydrogen) atoms. The van der Waals surface area contributed by atoms with Crippen LogP contribution in [0.3, 0.4) is 0 Å². The molecule has 0 radical (unpaired) electrons. The van der Waals surface area contributed by atoms with E-state index in [9.17, 15) is 14.4 Å². The SMILES string of the molecule is COc1ccc([C@@H](CC(=O)OCC(=O)c2ccccc2)NC(=O)c2ccccc2)cc1. The lowest BCUT2D eigenvalue weighted by Gasteiger charge is -2.19. The number of methoxy groups -OCH3 is 1. The van der Waals surface area contributed by atoms with Crippen molar-refractivity contribution in [1.82, 2.24) is 5.32 Å². The molecule has 0 aliphatic rings. The summed E-state index contributed by atoms with van der Waals surface area (Å²) in [6.45, 7) is -0.356. The van der Waals surface area contributed by atoms with Crippen LogP contribution < -0.4 is 10.1 Å². The van der Waals surface area contributed by atoms with Gasteiger partial charge in [0.1, 0.15) is 5.75 Å². The van der Waals surface area contributed by atoms with E-state index < -0.39 is 12.0 Å². The van der Waals surface area contributed by atoms with Crippen molar-refractivity contribution in [2.24, 2.45) is 0 Å². The van der Waals surface area contributed by atoms with Gasteiger partial charge in [0, 0.05) is 11.1 Å². The molecule has 1 amide bonds. The Balaban J connectivity index is 1.68. The first-order chi connectivity index (χ1) is 15.1. The fourth-order valence-corrected chi connectivity index (χ4v) is 3.00. The largest absolute Gasteiger partial charge is 0.497 e. The van der Waals surface area contributed by atoms with Crippen molar-refractivity contribution in [1.29, 1.82) is 0 Å². The smallest absolute Gasteiger partial charge is 0.308 e. The molecule has 0 aliphatic carbocycles. The van der Waals surface area contributed by atoms with E-state index in [1.165, 1.54) is 0 Å². The minimum absolute atomic E-state index is 0.118. The predicted molar refractivity (Wildman–Crippen MR) is 116 cm³/mol. The molecule has 3 aromatic rings. The Morgan fingerprint density at radius 2 is 1.39 bits per heavy atom. The van der Waals surface area contributed by atoms with Gasteiger partial charge in [-0.2, -0.15) is 0 Å². The Bertz CT molecular complexity index is 1020. The number of ether oxygens (including phenoxy) is 2. The van der Waals surface area contributed by atoms with Crippen molar-refractivity contribution in [3.05, 3.63) is 102 Å². The first kappa shape index (κ1) is 21.8. The minimum atomic E-state index is -0.627. The van der Waals surface area contributed by atoms with Gasteiger partial charge >= 0.3 is 5.97 Å². The summed E-state index contributed by atoms with van der Waals surface area (Å²) in [5, 5.41) is 2.87. The molecule has 0 saturated heterocycles. The average Bonchev–Trinajstić information content (AvgIpc) is 2.83. The normalized spacial score (nSPS) is 11.3. The summed E-state index contributed by atoms with van der Waals surface area (Å²) in [7, 11) is 1.56. The number of rotatable bonds is 9. The summed E-state index contributed by atoms with van der Waals surface area (Å²) in [4.78, 5) is 37.3. The molecule has 1 N–H and O–H groups in total. The number of carbonyl (C=O) groups is 3. The van der Waals surface area contributed by atoms with Crippen molar-refractivity contribution >= 4 is 17.7 Å². The number of amides is 1. The molecule has 158 valence electrons. The second kappa shape index (κ2) is 10.7. The third-order valence-corrected chi connectivity index (χ3v) is 4.69. The Labute approximate surface area is 180 Å². The van der Waals surface area contributed by atoms with Gasteiger partial charge in [0.15, 0.2) is 12.4 Å². The molecule has 1 atom stereocenters. The summed E-state index contributed by atoms with van der Waals surface area (Å²) in [6, 6.07) is 23.8. The number of hydrogen-bond acceptors (Lipinski definition) is 5. The second-order valence-corrected chi connectivity index (χ2v) is 6.82. The maximum atomic E-state index is 12.6. The van der Waals surface area contributed by atoms with Crippen LogP contribution in [0, 0.1) is 0 Å². The lowest BCUT2D eigenvalue weighted by molar-refractivity contribution is -0.143. The highest BCUT2D eigenvalue weighted by Crippen LogP contribution is 2.21. The molecular formula is C25H23NO5. The first-order valence-electron chi connectivity index (χ1n) is 9.80. The molecule has 6 heteroatoms. The molecule has 0 fully saturated rings. The molecule has 0 spiro atoms. The van der Waals surface area contributed by atoms with Crippen LogP contribution in [-0.2, 0) is 9.53 Å². The van der Waals surface area contributed by atoms with E-state index >= 15 is 0 Å². The Hall–Kier alpha value is -3.93. The molecule has 0 bridgehead atoms. The van der Waals surface area contributed by atoms with Crippen LogP contribution in [0.25, 0.3) is 0 Å². The van der Waals surface area contributed by atoms with Gasteiger partial charge in [-0.1, -0.05) is 60.7 Å². The van der Waals surface area contributed by atoms with Gasteiger partial charge in [-0.3, -0.25) is 14.4 Å². The van der Waals surface area contributed by atoms with Crippen molar-refractivity contribution in [2.75, 3.05) is 13.7 Å². The summed E-state index contributed by atoms with van der Waals surface area (Å²) in [6.07, 6.45) is -0.118. The van der Waals surface area contributed by atoms with Crippen LogP contribution in [0.15, 0.2) is 84.9 Å². The topological polar surface area (TPSA) is 81.7 Å². The third kappa shape index (κ3) is 6.27. The van der Waals surface area contributed by atoms with E-state index in [1.807, 2.05) is 6.07 Å². The molecule has 3 rings (SSSR count). The number of esters is 1. The highest BCUT2D eigenvalue weighted by molar-refractivity contribution is 5.98. The lowest BCUT2D eigenvalue weighted by Crippen LogP contribution is -2.31. The molecule has 0 aromatic heterocycles. The zero-order chi connectivity index (χ0) is 22.1. The van der Waals surface area contributed by atoms with E-state index in [4.69, 9.17) is 9.47 Å². The van der Waals surface area contributed by atoms with Gasteiger partial charge in [0.2, 0.25) is 0 Å². The number of hydrogen-bond donors (Lipinski definition) is 1. The molecule has 3 aromatic carbocycles. The summed E-state index contributed by atoms with van der Waals surface area (Å²) in [5.41, 5.74) is 1.67. The number of benzene rings is 3. The van der Waals surface area contributed by atoms with Crippen LogP contribution in [0.5, 0.6) is 5.75 Å². The standard InChI is InChI=1S/C25H23NO5/c1-30-21-14-12-18(13-15-21)22(26-25(29)20-10-6-3-7-11-20)16-24(28)31-17-23(27)19-8-4-2-5-9-19/h2-15,22H,16-17H2,1H3,(H,26,29)/t22-/m1/s1. The van der Waals surface area contributed by atoms with E-state index in [-0.39, 0.29) is 24.7 Å². The zero-order valence-electron chi connectivity index (χ0n) is 17.1. The van der Waals surface area contributed by atoms with E-state index in [0.29, 0.717) is 16.9 Å². The molecule has 0 aliphatic heterocycles. The van der Waals surface area contributed by atoms with Crippen LogP contribution in [0.4, 0.5) is 0 Å². The highest BCUT2D eigenvalue weighted by Gasteiger charge is 2.21. The highest BCUT2D eigenvalue weighted by atomic mass is 16.5. The van der Waals surface area contributed by atoms with Gasteiger partial charge in [0.05, 0.1) is 19.6 Å². The maximum Gasteiger partial charge on any atom is 0.308 e. The van der Waals surface area contributed by atoms with Crippen molar-refractivity contribution in [3.8, 4) is 5.75 Å². The van der Waals surface area contributed by atoms with E-state index in [0.717, 1.165) is 5.56 Å². The number of ketones is 1.